The number of carbonyl (C=O) groups excluding carboxylic acids is 1. The van der Waals surface area contributed by atoms with E-state index in [4.69, 9.17) is 11.6 Å². The van der Waals surface area contributed by atoms with Gasteiger partial charge < -0.3 is 4.74 Å². The molecular weight excluding hydrogens is 426 g/mol. The molecule has 0 unspecified atom stereocenters. The van der Waals surface area contributed by atoms with Crippen LogP contribution in [0, 0.1) is 20.8 Å². The summed E-state index contributed by atoms with van der Waals surface area (Å²) >= 11 is 6.29. The summed E-state index contributed by atoms with van der Waals surface area (Å²) in [4.78, 5) is 20.1. The van der Waals surface area contributed by atoms with Crippen LogP contribution in [-0.2, 0) is 14.8 Å². The molecule has 0 saturated carbocycles. The van der Waals surface area contributed by atoms with Crippen LogP contribution in [0.15, 0.2) is 47.4 Å². The van der Waals surface area contributed by atoms with E-state index < -0.39 is 16.0 Å². The van der Waals surface area contributed by atoms with Crippen molar-refractivity contribution in [2.45, 2.75) is 25.7 Å². The molecule has 7 nitrogen and oxygen atoms in total. The van der Waals surface area contributed by atoms with E-state index in [1.165, 1.54) is 31.4 Å². The molecule has 1 N–H and O–H groups in total. The van der Waals surface area contributed by atoms with Crippen LogP contribution in [0.3, 0.4) is 0 Å². The summed E-state index contributed by atoms with van der Waals surface area (Å²) in [6, 6.07) is 11.3. The molecular formula is C21H20ClN3O4S. The normalized spacial score (nSPS) is 11.2. The lowest BCUT2D eigenvalue weighted by Gasteiger charge is -2.15. The number of aryl methyl sites for hydroxylation is 2. The number of esters is 1. The molecule has 0 bridgehead atoms. The quantitative estimate of drug-likeness (QED) is 0.464. The highest BCUT2D eigenvalue weighted by Crippen LogP contribution is 2.32. The SMILES string of the molecule is COC(=O)c1cccc(S(=O)(=O)Nc2nc(Cl)c(C)c(-c3c(C)cccc3C)n2)c1. The van der Waals surface area contributed by atoms with E-state index in [0.717, 1.165) is 16.7 Å². The lowest BCUT2D eigenvalue weighted by molar-refractivity contribution is 0.0600. The molecule has 0 radical (unpaired) electrons. The second-order valence-corrected chi connectivity index (χ2v) is 8.74. The number of carbonyl (C=O) groups is 1. The number of hydrogen-bond acceptors (Lipinski definition) is 6. The average molecular weight is 446 g/mol. The van der Waals surface area contributed by atoms with E-state index in [0.29, 0.717) is 11.3 Å². The maximum atomic E-state index is 12.9. The van der Waals surface area contributed by atoms with Crippen LogP contribution in [-0.4, -0.2) is 31.5 Å². The Bertz CT molecular complexity index is 1220. The number of ether oxygens (including phenoxy) is 1. The van der Waals surface area contributed by atoms with Crippen LogP contribution in [0.25, 0.3) is 11.3 Å². The molecule has 1 aromatic heterocycles. The first-order chi connectivity index (χ1) is 14.1. The second kappa shape index (κ2) is 8.41. The monoisotopic (exact) mass is 445 g/mol. The van der Waals surface area contributed by atoms with Gasteiger partial charge in [-0.2, -0.15) is 4.98 Å². The van der Waals surface area contributed by atoms with Crippen molar-refractivity contribution in [1.29, 1.82) is 0 Å². The standard InChI is InChI=1S/C21H20ClN3O4S/c1-12-7-5-8-13(2)17(12)18-14(3)19(22)24-21(23-18)25-30(27,28)16-10-6-9-15(11-16)20(26)29-4/h5-11H,1-4H3,(H,23,24,25). The lowest BCUT2D eigenvalue weighted by atomic mass is 9.98. The molecule has 0 spiro atoms. The molecule has 0 aliphatic carbocycles. The van der Waals surface area contributed by atoms with Crippen LogP contribution in [0.4, 0.5) is 5.95 Å². The fraction of sp³-hybridized carbons (Fsp3) is 0.190. The largest absolute Gasteiger partial charge is 0.465 e. The molecule has 0 atom stereocenters. The Morgan fingerprint density at radius 3 is 2.30 bits per heavy atom. The third-order valence-corrected chi connectivity index (χ3v) is 6.29. The van der Waals surface area contributed by atoms with E-state index in [1.54, 1.807) is 6.92 Å². The van der Waals surface area contributed by atoms with Crippen molar-refractivity contribution in [2.75, 3.05) is 11.8 Å². The Labute approximate surface area is 180 Å². The van der Waals surface area contributed by atoms with E-state index in [-0.39, 0.29) is 21.6 Å². The Hall–Kier alpha value is -2.97. The first-order valence-corrected chi connectivity index (χ1v) is 10.8. The molecule has 30 heavy (non-hydrogen) atoms. The molecule has 0 amide bonds. The summed E-state index contributed by atoms with van der Waals surface area (Å²) in [5.41, 5.74) is 4.13. The highest BCUT2D eigenvalue weighted by Gasteiger charge is 2.21. The van der Waals surface area contributed by atoms with Crippen molar-refractivity contribution in [1.82, 2.24) is 9.97 Å². The highest BCUT2D eigenvalue weighted by molar-refractivity contribution is 7.92. The van der Waals surface area contributed by atoms with E-state index >= 15 is 0 Å². The predicted octanol–water partition coefficient (Wildman–Crippen LogP) is 4.31. The summed E-state index contributed by atoms with van der Waals surface area (Å²) in [6.45, 7) is 5.67. The summed E-state index contributed by atoms with van der Waals surface area (Å²) in [5.74, 6) is -0.800. The lowest BCUT2D eigenvalue weighted by Crippen LogP contribution is -2.16. The molecule has 156 valence electrons. The molecule has 9 heteroatoms. The highest BCUT2D eigenvalue weighted by atomic mass is 35.5. The number of hydrogen-bond donors (Lipinski definition) is 1. The van der Waals surface area contributed by atoms with Crippen LogP contribution < -0.4 is 4.72 Å². The molecule has 0 aliphatic heterocycles. The molecule has 0 aliphatic rings. The summed E-state index contributed by atoms with van der Waals surface area (Å²) in [7, 11) is -2.85. The van der Waals surface area contributed by atoms with Crippen molar-refractivity contribution >= 4 is 33.5 Å². The molecule has 3 aromatic rings. The van der Waals surface area contributed by atoms with Crippen molar-refractivity contribution in [3.8, 4) is 11.3 Å². The number of sulfonamides is 1. The Balaban J connectivity index is 2.06. The van der Waals surface area contributed by atoms with Crippen molar-refractivity contribution < 1.29 is 17.9 Å². The van der Waals surface area contributed by atoms with Crippen LogP contribution in [0.2, 0.25) is 5.15 Å². The first-order valence-electron chi connectivity index (χ1n) is 8.96. The summed E-state index contributed by atoms with van der Waals surface area (Å²) in [6.07, 6.45) is 0. The number of nitrogens with one attached hydrogen (secondary N) is 1. The van der Waals surface area contributed by atoms with E-state index in [1.807, 2.05) is 32.0 Å². The molecule has 3 rings (SSSR count). The second-order valence-electron chi connectivity index (χ2n) is 6.70. The van der Waals surface area contributed by atoms with Gasteiger partial charge >= 0.3 is 5.97 Å². The maximum absolute atomic E-state index is 12.9. The zero-order chi connectivity index (χ0) is 22.1. The van der Waals surface area contributed by atoms with Crippen LogP contribution in [0.5, 0.6) is 0 Å². The number of aromatic nitrogens is 2. The number of methoxy groups -OCH3 is 1. The van der Waals surface area contributed by atoms with E-state index in [2.05, 4.69) is 19.4 Å². The van der Waals surface area contributed by atoms with Gasteiger partial charge in [-0.05, 0) is 50.1 Å². The minimum atomic E-state index is -4.07. The van der Waals surface area contributed by atoms with Crippen molar-refractivity contribution in [2.24, 2.45) is 0 Å². The summed E-state index contributed by atoms with van der Waals surface area (Å²) in [5, 5.41) is 0.142. The van der Waals surface area contributed by atoms with Crippen molar-refractivity contribution in [3.63, 3.8) is 0 Å². The average Bonchev–Trinajstić information content (AvgIpc) is 2.70. The Morgan fingerprint density at radius 2 is 1.67 bits per heavy atom. The fourth-order valence-electron chi connectivity index (χ4n) is 3.05. The van der Waals surface area contributed by atoms with Crippen LogP contribution in [0.1, 0.15) is 27.0 Å². The minimum absolute atomic E-state index is 0.111. The molecule has 1 heterocycles. The number of rotatable bonds is 5. The van der Waals surface area contributed by atoms with Gasteiger partial charge in [0.2, 0.25) is 5.95 Å². The zero-order valence-electron chi connectivity index (χ0n) is 16.9. The third kappa shape index (κ3) is 4.29. The van der Waals surface area contributed by atoms with Crippen LogP contribution >= 0.6 is 11.6 Å². The van der Waals surface area contributed by atoms with Gasteiger partial charge in [-0.15, -0.1) is 0 Å². The van der Waals surface area contributed by atoms with Gasteiger partial charge in [-0.1, -0.05) is 35.9 Å². The van der Waals surface area contributed by atoms with Gasteiger partial charge in [0.1, 0.15) is 5.15 Å². The molecule has 0 saturated heterocycles. The number of anilines is 1. The van der Waals surface area contributed by atoms with Gasteiger partial charge in [0.15, 0.2) is 0 Å². The van der Waals surface area contributed by atoms with Gasteiger partial charge in [0.05, 0.1) is 23.3 Å². The van der Waals surface area contributed by atoms with E-state index in [9.17, 15) is 13.2 Å². The topological polar surface area (TPSA) is 98.2 Å². The predicted molar refractivity (Wildman–Crippen MR) is 115 cm³/mol. The minimum Gasteiger partial charge on any atom is -0.465 e. The van der Waals surface area contributed by atoms with Gasteiger partial charge in [0, 0.05) is 11.1 Å². The fourth-order valence-corrected chi connectivity index (χ4v) is 4.21. The molecule has 0 fully saturated rings. The number of benzene rings is 2. The summed E-state index contributed by atoms with van der Waals surface area (Å²) < 4.78 is 32.7. The maximum Gasteiger partial charge on any atom is 0.337 e. The number of halogens is 1. The third-order valence-electron chi connectivity index (χ3n) is 4.60. The molecule has 2 aromatic carbocycles. The van der Waals surface area contributed by atoms with Crippen molar-refractivity contribution in [3.05, 3.63) is 69.9 Å². The first kappa shape index (κ1) is 21.7. The Kier molecular flexibility index (Phi) is 6.09. The zero-order valence-corrected chi connectivity index (χ0v) is 18.4. The van der Waals surface area contributed by atoms with Gasteiger partial charge in [-0.25, -0.2) is 22.9 Å². The smallest absolute Gasteiger partial charge is 0.337 e. The van der Waals surface area contributed by atoms with Gasteiger partial charge in [0.25, 0.3) is 10.0 Å². The van der Waals surface area contributed by atoms with Gasteiger partial charge in [-0.3, -0.25) is 0 Å². The Morgan fingerprint density at radius 1 is 1.03 bits per heavy atom. The number of nitrogens with zero attached hydrogens (tertiary/aromatic N) is 2.